The van der Waals surface area contributed by atoms with Crippen LogP contribution in [0.15, 0.2) is 30.5 Å². The molecule has 0 spiro atoms. The molecule has 1 aromatic carbocycles. The topological polar surface area (TPSA) is 64.2 Å². The van der Waals surface area contributed by atoms with Crippen molar-refractivity contribution in [2.75, 3.05) is 10.6 Å². The monoisotopic (exact) mass is 270 g/mol. The van der Waals surface area contributed by atoms with Crippen LogP contribution >= 0.6 is 0 Å². The first-order valence-corrected chi connectivity index (χ1v) is 6.78. The molecule has 0 radical (unpaired) electrons. The number of hydrogen-bond donors (Lipinski definition) is 1. The van der Waals surface area contributed by atoms with Gasteiger partial charge in [0.15, 0.2) is 0 Å². The molecule has 5 heteroatoms. The zero-order chi connectivity index (χ0) is 14.3. The lowest BCUT2D eigenvalue weighted by molar-refractivity contribution is 0.0976. The Bertz CT molecular complexity index is 662. The van der Waals surface area contributed by atoms with Crippen LogP contribution in [0.1, 0.15) is 29.3 Å². The predicted molar refractivity (Wildman–Crippen MR) is 78.7 cm³/mol. The van der Waals surface area contributed by atoms with Crippen molar-refractivity contribution in [3.63, 3.8) is 0 Å². The van der Waals surface area contributed by atoms with Crippen LogP contribution in [0.4, 0.5) is 11.5 Å². The highest BCUT2D eigenvalue weighted by atomic mass is 16.2. The Balaban J connectivity index is 2.05. The van der Waals surface area contributed by atoms with Crippen LogP contribution in [0.25, 0.3) is 0 Å². The maximum absolute atomic E-state index is 12.8. The SMILES string of the molecule is CC1CCc2ccccc2N1C(=O)c1cnn(C)c1N. The van der Waals surface area contributed by atoms with Gasteiger partial charge in [-0.25, -0.2) is 0 Å². The number of benzene rings is 1. The van der Waals surface area contributed by atoms with Gasteiger partial charge in [-0.2, -0.15) is 5.10 Å². The molecule has 1 unspecified atom stereocenters. The average Bonchev–Trinajstić information content (AvgIpc) is 2.78. The molecule has 2 N–H and O–H groups in total. The number of fused-ring (bicyclic) bond motifs is 1. The summed E-state index contributed by atoms with van der Waals surface area (Å²) in [6.07, 6.45) is 3.51. The molecule has 104 valence electrons. The van der Waals surface area contributed by atoms with Gasteiger partial charge in [0.1, 0.15) is 11.4 Å². The van der Waals surface area contributed by atoms with Crippen molar-refractivity contribution in [1.29, 1.82) is 0 Å². The predicted octanol–water partition coefficient (Wildman–Crippen LogP) is 1.98. The van der Waals surface area contributed by atoms with Gasteiger partial charge in [0, 0.05) is 18.8 Å². The fraction of sp³-hybridized carbons (Fsp3) is 0.333. The molecule has 0 saturated carbocycles. The van der Waals surface area contributed by atoms with Gasteiger partial charge in [-0.1, -0.05) is 18.2 Å². The molecule has 5 nitrogen and oxygen atoms in total. The van der Waals surface area contributed by atoms with Gasteiger partial charge in [-0.05, 0) is 31.4 Å². The van der Waals surface area contributed by atoms with Crippen molar-refractivity contribution in [2.45, 2.75) is 25.8 Å². The number of hydrogen-bond acceptors (Lipinski definition) is 3. The number of carbonyl (C=O) groups is 1. The number of aryl methyl sites for hydroxylation is 2. The molecule has 1 aromatic heterocycles. The first kappa shape index (κ1) is 12.7. The second-order valence-electron chi connectivity index (χ2n) is 5.26. The third-order valence-corrected chi connectivity index (χ3v) is 3.96. The Labute approximate surface area is 118 Å². The van der Waals surface area contributed by atoms with E-state index in [2.05, 4.69) is 18.1 Å². The van der Waals surface area contributed by atoms with Gasteiger partial charge in [-0.3, -0.25) is 9.48 Å². The maximum Gasteiger partial charge on any atom is 0.263 e. The van der Waals surface area contributed by atoms with Crippen LogP contribution in [0, 0.1) is 0 Å². The van der Waals surface area contributed by atoms with Crippen molar-refractivity contribution in [2.24, 2.45) is 7.05 Å². The zero-order valence-corrected chi connectivity index (χ0v) is 11.7. The van der Waals surface area contributed by atoms with E-state index in [0.717, 1.165) is 18.5 Å². The Kier molecular flexibility index (Phi) is 2.97. The molecular weight excluding hydrogens is 252 g/mol. The quantitative estimate of drug-likeness (QED) is 0.861. The van der Waals surface area contributed by atoms with E-state index < -0.39 is 0 Å². The van der Waals surface area contributed by atoms with Crippen molar-refractivity contribution in [1.82, 2.24) is 9.78 Å². The summed E-state index contributed by atoms with van der Waals surface area (Å²) in [7, 11) is 1.74. The Morgan fingerprint density at radius 3 is 2.85 bits per heavy atom. The Morgan fingerprint density at radius 2 is 2.15 bits per heavy atom. The lowest BCUT2D eigenvalue weighted by Crippen LogP contribution is -2.42. The second kappa shape index (κ2) is 4.67. The largest absolute Gasteiger partial charge is 0.383 e. The number of carbonyl (C=O) groups excluding carboxylic acids is 1. The van der Waals surface area contributed by atoms with Gasteiger partial charge >= 0.3 is 0 Å². The summed E-state index contributed by atoms with van der Waals surface area (Å²) >= 11 is 0. The first-order valence-electron chi connectivity index (χ1n) is 6.78. The van der Waals surface area contributed by atoms with Crippen molar-refractivity contribution in [3.8, 4) is 0 Å². The van der Waals surface area contributed by atoms with Crippen molar-refractivity contribution < 1.29 is 4.79 Å². The minimum atomic E-state index is -0.0738. The van der Waals surface area contributed by atoms with Crippen LogP contribution in [-0.2, 0) is 13.5 Å². The summed E-state index contributed by atoms with van der Waals surface area (Å²) in [5, 5.41) is 4.06. The summed E-state index contributed by atoms with van der Waals surface area (Å²) in [6.45, 7) is 2.07. The van der Waals surface area contributed by atoms with E-state index in [-0.39, 0.29) is 11.9 Å². The fourth-order valence-electron chi connectivity index (χ4n) is 2.74. The van der Waals surface area contributed by atoms with E-state index in [0.29, 0.717) is 11.4 Å². The molecule has 2 aromatic rings. The molecule has 1 aliphatic heterocycles. The Hall–Kier alpha value is -2.30. The van der Waals surface area contributed by atoms with Crippen LogP contribution < -0.4 is 10.6 Å². The number of nitrogen functional groups attached to an aromatic ring is 1. The van der Waals surface area contributed by atoms with E-state index in [1.807, 2.05) is 23.1 Å². The highest BCUT2D eigenvalue weighted by molar-refractivity contribution is 6.09. The second-order valence-corrected chi connectivity index (χ2v) is 5.26. The average molecular weight is 270 g/mol. The molecule has 1 aliphatic rings. The standard InChI is InChI=1S/C15H18N4O/c1-10-7-8-11-5-3-4-6-13(11)19(10)15(20)12-9-17-18(2)14(12)16/h3-6,9-10H,7-8,16H2,1-2H3. The number of nitrogens with two attached hydrogens (primary N) is 1. The Morgan fingerprint density at radius 1 is 1.40 bits per heavy atom. The molecule has 3 rings (SSSR count). The number of para-hydroxylation sites is 1. The lowest BCUT2D eigenvalue weighted by atomic mass is 9.96. The van der Waals surface area contributed by atoms with Gasteiger partial charge in [-0.15, -0.1) is 0 Å². The smallest absolute Gasteiger partial charge is 0.263 e. The summed E-state index contributed by atoms with van der Waals surface area (Å²) < 4.78 is 1.52. The molecule has 20 heavy (non-hydrogen) atoms. The van der Waals surface area contributed by atoms with Gasteiger partial charge in [0.25, 0.3) is 5.91 Å². The highest BCUT2D eigenvalue weighted by Gasteiger charge is 2.30. The summed E-state index contributed by atoms with van der Waals surface area (Å²) in [5.41, 5.74) is 8.59. The highest BCUT2D eigenvalue weighted by Crippen LogP contribution is 2.32. The van der Waals surface area contributed by atoms with E-state index in [9.17, 15) is 4.79 Å². The fourth-order valence-corrected chi connectivity index (χ4v) is 2.74. The van der Waals surface area contributed by atoms with Crippen LogP contribution in [0.2, 0.25) is 0 Å². The third-order valence-electron chi connectivity index (χ3n) is 3.96. The van der Waals surface area contributed by atoms with Crippen molar-refractivity contribution in [3.05, 3.63) is 41.6 Å². The molecular formula is C15H18N4O. The van der Waals surface area contributed by atoms with Crippen molar-refractivity contribution >= 4 is 17.4 Å². The first-order chi connectivity index (χ1) is 9.59. The van der Waals surface area contributed by atoms with Gasteiger partial charge < -0.3 is 10.6 Å². The number of rotatable bonds is 1. The maximum atomic E-state index is 12.8. The third kappa shape index (κ3) is 1.86. The summed E-state index contributed by atoms with van der Waals surface area (Å²) in [4.78, 5) is 14.6. The van der Waals surface area contributed by atoms with E-state index >= 15 is 0 Å². The molecule has 2 heterocycles. The molecule has 1 atom stereocenters. The number of nitrogens with zero attached hydrogens (tertiary/aromatic N) is 3. The van der Waals surface area contributed by atoms with Crippen LogP contribution in [0.5, 0.6) is 0 Å². The molecule has 0 bridgehead atoms. The van der Waals surface area contributed by atoms with Gasteiger partial charge in [0.05, 0.1) is 6.20 Å². The zero-order valence-electron chi connectivity index (χ0n) is 11.7. The minimum Gasteiger partial charge on any atom is -0.383 e. The van der Waals surface area contributed by atoms with E-state index in [1.165, 1.54) is 10.2 Å². The lowest BCUT2D eigenvalue weighted by Gasteiger charge is -2.35. The minimum absolute atomic E-state index is 0.0738. The normalized spacial score (nSPS) is 17.9. The van der Waals surface area contributed by atoms with Gasteiger partial charge in [0.2, 0.25) is 0 Å². The molecule has 0 saturated heterocycles. The number of amides is 1. The molecule has 1 amide bonds. The summed E-state index contributed by atoms with van der Waals surface area (Å²) in [5.74, 6) is 0.334. The molecule has 0 fully saturated rings. The molecule has 0 aliphatic carbocycles. The van der Waals surface area contributed by atoms with E-state index in [1.54, 1.807) is 13.2 Å². The number of anilines is 2. The van der Waals surface area contributed by atoms with Crippen LogP contribution in [-0.4, -0.2) is 21.7 Å². The summed E-state index contributed by atoms with van der Waals surface area (Å²) in [6, 6.07) is 8.21. The van der Waals surface area contributed by atoms with E-state index in [4.69, 9.17) is 5.73 Å². The number of aromatic nitrogens is 2. The van der Waals surface area contributed by atoms with Crippen LogP contribution in [0.3, 0.4) is 0 Å².